The third-order valence-electron chi connectivity index (χ3n) is 4.35. The number of ether oxygens (including phenoxy) is 2. The normalized spacial score (nSPS) is 12.9. The van der Waals surface area contributed by atoms with Crippen molar-refractivity contribution >= 4 is 29.8 Å². The molecule has 6 heteroatoms. The Hall–Kier alpha value is -2.60. The topological polar surface area (TPSA) is 64.6 Å². The van der Waals surface area contributed by atoms with Crippen molar-refractivity contribution in [3.63, 3.8) is 0 Å². The number of amides is 1. The van der Waals surface area contributed by atoms with Crippen LogP contribution in [0.25, 0.3) is 16.5 Å². The molecule has 0 spiro atoms. The van der Waals surface area contributed by atoms with E-state index in [2.05, 4.69) is 23.5 Å². The molecule has 1 aliphatic carbocycles. The lowest BCUT2D eigenvalue weighted by Crippen LogP contribution is -2.33. The molecule has 0 fully saturated rings. The minimum absolute atomic E-state index is 0.397. The second-order valence-corrected chi connectivity index (χ2v) is 9.07. The summed E-state index contributed by atoms with van der Waals surface area (Å²) in [5.74, 6) is 0.558. The van der Waals surface area contributed by atoms with E-state index in [1.807, 2.05) is 39.0 Å². The molecule has 0 saturated heterocycles. The van der Waals surface area contributed by atoms with E-state index in [1.54, 1.807) is 11.3 Å². The second kappa shape index (κ2) is 9.27. The lowest BCUT2D eigenvalue weighted by molar-refractivity contribution is 0.0525. The zero-order chi connectivity index (χ0) is 20.9. The number of allylic oxidation sites excluding steroid dienone is 1. The summed E-state index contributed by atoms with van der Waals surface area (Å²) < 4.78 is 10.9. The fourth-order valence-corrected chi connectivity index (χ4v) is 4.19. The van der Waals surface area contributed by atoms with Crippen LogP contribution in [0.2, 0.25) is 0 Å². The van der Waals surface area contributed by atoms with Crippen molar-refractivity contribution in [3.8, 4) is 16.2 Å². The molecule has 154 valence electrons. The van der Waals surface area contributed by atoms with E-state index in [0.29, 0.717) is 30.9 Å². The Bertz CT molecular complexity index is 908. The molecule has 1 aromatic heterocycles. The van der Waals surface area contributed by atoms with E-state index in [1.165, 1.54) is 10.4 Å². The van der Waals surface area contributed by atoms with Crippen molar-refractivity contribution in [3.05, 3.63) is 46.3 Å². The van der Waals surface area contributed by atoms with Gasteiger partial charge in [0.2, 0.25) is 0 Å². The Balaban J connectivity index is 1.54. The maximum Gasteiger partial charge on any atom is 0.407 e. The summed E-state index contributed by atoms with van der Waals surface area (Å²) in [5.41, 5.74) is 2.32. The smallest absolute Gasteiger partial charge is 0.407 e. The summed E-state index contributed by atoms with van der Waals surface area (Å²) in [4.78, 5) is 25.7. The van der Waals surface area contributed by atoms with Gasteiger partial charge in [-0.15, -0.1) is 11.3 Å². The zero-order valence-electron chi connectivity index (χ0n) is 17.1. The first-order valence-corrected chi connectivity index (χ1v) is 10.7. The molecule has 1 aliphatic rings. The third-order valence-corrected chi connectivity index (χ3v) is 5.61. The van der Waals surface area contributed by atoms with Crippen molar-refractivity contribution in [2.75, 3.05) is 13.2 Å². The zero-order valence-corrected chi connectivity index (χ0v) is 17.9. The van der Waals surface area contributed by atoms with Crippen LogP contribution in [0.15, 0.2) is 30.3 Å². The van der Waals surface area contributed by atoms with Gasteiger partial charge in [0.25, 0.3) is 0 Å². The van der Waals surface area contributed by atoms with Crippen LogP contribution in [0.3, 0.4) is 0 Å². The van der Waals surface area contributed by atoms with Gasteiger partial charge in [-0.1, -0.05) is 12.2 Å². The molecular weight excluding hydrogens is 386 g/mol. The second-order valence-electron chi connectivity index (χ2n) is 7.93. The molecule has 29 heavy (non-hydrogen) atoms. The number of carbonyl (C=O) groups excluding carboxylic acids is 2. The summed E-state index contributed by atoms with van der Waals surface area (Å²) in [6, 6.07) is 7.89. The number of benzene rings is 1. The molecule has 0 radical (unpaired) electrons. The van der Waals surface area contributed by atoms with E-state index < -0.39 is 11.7 Å². The van der Waals surface area contributed by atoms with Crippen LogP contribution in [-0.4, -0.2) is 31.1 Å². The van der Waals surface area contributed by atoms with Gasteiger partial charge in [-0.2, -0.15) is 0 Å². The number of hydrogen-bond donors (Lipinski definition) is 1. The van der Waals surface area contributed by atoms with Crippen LogP contribution < -0.4 is 10.1 Å². The maximum absolute atomic E-state index is 11.6. The number of thiophene rings is 1. The van der Waals surface area contributed by atoms with Crippen molar-refractivity contribution in [2.24, 2.45) is 0 Å². The predicted molar refractivity (Wildman–Crippen MR) is 117 cm³/mol. The average Bonchev–Trinajstić information content (AvgIpc) is 3.10. The van der Waals surface area contributed by atoms with E-state index in [9.17, 15) is 9.59 Å². The summed E-state index contributed by atoms with van der Waals surface area (Å²) in [5, 5.41) is 2.69. The van der Waals surface area contributed by atoms with E-state index in [4.69, 9.17) is 9.47 Å². The maximum atomic E-state index is 11.6. The number of aldehydes is 1. The molecule has 1 aromatic carbocycles. The molecule has 3 rings (SSSR count). The molecule has 0 atom stereocenters. The van der Waals surface area contributed by atoms with Crippen molar-refractivity contribution in [2.45, 2.75) is 45.6 Å². The minimum atomic E-state index is -0.515. The number of rotatable bonds is 7. The standard InChI is InChI=1S/C23H27NO4S/c1-23(2,3)28-22(26)24-11-6-12-27-19-10-9-17(13-18(19)15-25)21-14-16-7-4-5-8-20(16)29-21/h4,7,9-10,13-15H,5-6,8,11-12H2,1-3H3,(H,24,26). The minimum Gasteiger partial charge on any atom is -0.493 e. The molecule has 1 N–H and O–H groups in total. The monoisotopic (exact) mass is 413 g/mol. The summed E-state index contributed by atoms with van der Waals surface area (Å²) in [7, 11) is 0. The van der Waals surface area contributed by atoms with Crippen LogP contribution in [0, 0.1) is 0 Å². The lowest BCUT2D eigenvalue weighted by atomic mass is 10.0. The lowest BCUT2D eigenvalue weighted by Gasteiger charge is -2.19. The number of hydrogen-bond acceptors (Lipinski definition) is 5. The first kappa shape index (κ1) is 21.1. The Morgan fingerprint density at radius 2 is 2.10 bits per heavy atom. The first-order chi connectivity index (χ1) is 13.9. The fourth-order valence-electron chi connectivity index (χ4n) is 3.03. The Morgan fingerprint density at radius 3 is 2.83 bits per heavy atom. The Labute approximate surface area is 175 Å². The third kappa shape index (κ3) is 5.94. The first-order valence-electron chi connectivity index (χ1n) is 9.84. The van der Waals surface area contributed by atoms with E-state index in [0.717, 1.165) is 29.6 Å². The molecule has 0 saturated carbocycles. The van der Waals surface area contributed by atoms with Crippen LogP contribution >= 0.6 is 11.3 Å². The number of aryl methyl sites for hydroxylation is 1. The molecule has 1 amide bonds. The van der Waals surface area contributed by atoms with Gasteiger partial charge in [0.1, 0.15) is 11.4 Å². The molecule has 1 heterocycles. The van der Waals surface area contributed by atoms with Crippen LogP contribution in [-0.2, 0) is 11.2 Å². The highest BCUT2D eigenvalue weighted by Gasteiger charge is 2.16. The van der Waals surface area contributed by atoms with Crippen molar-refractivity contribution < 1.29 is 19.1 Å². The van der Waals surface area contributed by atoms with Gasteiger partial charge in [0.15, 0.2) is 6.29 Å². The van der Waals surface area contributed by atoms with Gasteiger partial charge in [0, 0.05) is 16.3 Å². The quantitative estimate of drug-likeness (QED) is 0.482. The van der Waals surface area contributed by atoms with E-state index >= 15 is 0 Å². The number of fused-ring (bicyclic) bond motifs is 1. The molecule has 0 aliphatic heterocycles. The highest BCUT2D eigenvalue weighted by atomic mass is 32.1. The van der Waals surface area contributed by atoms with Gasteiger partial charge in [-0.3, -0.25) is 4.79 Å². The fraction of sp³-hybridized carbons (Fsp3) is 0.391. The molecular formula is C23H27NO4S. The summed E-state index contributed by atoms with van der Waals surface area (Å²) in [6.07, 6.45) is 7.53. The summed E-state index contributed by atoms with van der Waals surface area (Å²) >= 11 is 1.78. The molecule has 0 unspecified atom stereocenters. The number of alkyl carbamates (subject to hydrolysis) is 1. The molecule has 2 aromatic rings. The molecule has 0 bridgehead atoms. The van der Waals surface area contributed by atoms with Gasteiger partial charge >= 0.3 is 6.09 Å². The number of nitrogens with one attached hydrogen (secondary N) is 1. The number of carbonyl (C=O) groups is 2. The average molecular weight is 414 g/mol. The van der Waals surface area contributed by atoms with E-state index in [-0.39, 0.29) is 0 Å². The highest BCUT2D eigenvalue weighted by Crippen LogP contribution is 2.36. The van der Waals surface area contributed by atoms with Gasteiger partial charge in [-0.05, 0) is 75.4 Å². The Morgan fingerprint density at radius 1 is 1.28 bits per heavy atom. The van der Waals surface area contributed by atoms with Gasteiger partial charge in [0.05, 0.1) is 12.2 Å². The Kier molecular flexibility index (Phi) is 6.75. The van der Waals surface area contributed by atoms with Crippen LogP contribution in [0.4, 0.5) is 4.79 Å². The van der Waals surface area contributed by atoms with Crippen LogP contribution in [0.5, 0.6) is 5.75 Å². The van der Waals surface area contributed by atoms with Crippen molar-refractivity contribution in [1.29, 1.82) is 0 Å². The highest BCUT2D eigenvalue weighted by molar-refractivity contribution is 7.15. The predicted octanol–water partition coefficient (Wildman–Crippen LogP) is 5.48. The molecule has 5 nitrogen and oxygen atoms in total. The summed E-state index contributed by atoms with van der Waals surface area (Å²) in [6.45, 7) is 6.30. The SMILES string of the molecule is CC(C)(C)OC(=O)NCCCOc1ccc(-c2cc3c(s2)CCC=C3)cc1C=O. The van der Waals surface area contributed by atoms with Gasteiger partial charge in [-0.25, -0.2) is 4.79 Å². The van der Waals surface area contributed by atoms with Crippen LogP contribution in [0.1, 0.15) is 54.4 Å². The largest absolute Gasteiger partial charge is 0.493 e. The van der Waals surface area contributed by atoms with Gasteiger partial charge < -0.3 is 14.8 Å². The van der Waals surface area contributed by atoms with Crippen molar-refractivity contribution in [1.82, 2.24) is 5.32 Å².